The van der Waals surface area contributed by atoms with Crippen LogP contribution in [0.3, 0.4) is 0 Å². The summed E-state index contributed by atoms with van der Waals surface area (Å²) in [6.45, 7) is -0.128. The van der Waals surface area contributed by atoms with Gasteiger partial charge in [0.15, 0.2) is 0 Å². The molecule has 0 bridgehead atoms. The van der Waals surface area contributed by atoms with Gasteiger partial charge < -0.3 is 9.52 Å². The van der Waals surface area contributed by atoms with E-state index in [4.69, 9.17) is 16.0 Å². The molecule has 0 aliphatic rings. The zero-order valence-corrected chi connectivity index (χ0v) is 10.3. The fourth-order valence-electron chi connectivity index (χ4n) is 2.15. The number of aliphatic hydroxyl groups is 1. The van der Waals surface area contributed by atoms with Crippen molar-refractivity contribution in [2.75, 3.05) is 0 Å². The van der Waals surface area contributed by atoms with Gasteiger partial charge in [-0.15, -0.1) is 0 Å². The van der Waals surface area contributed by atoms with E-state index in [1.165, 1.54) is 0 Å². The SMILES string of the molecule is OCc1oc2ccc(Cl)cc2c1-c1ccccc1. The van der Waals surface area contributed by atoms with Gasteiger partial charge in [0.25, 0.3) is 0 Å². The fraction of sp³-hybridized carbons (Fsp3) is 0.0667. The molecule has 2 nitrogen and oxygen atoms in total. The molecular weight excluding hydrogens is 248 g/mol. The van der Waals surface area contributed by atoms with Gasteiger partial charge in [-0.25, -0.2) is 0 Å². The summed E-state index contributed by atoms with van der Waals surface area (Å²) >= 11 is 6.03. The van der Waals surface area contributed by atoms with Crippen molar-refractivity contribution >= 4 is 22.6 Å². The number of fused-ring (bicyclic) bond motifs is 1. The number of hydrogen-bond donors (Lipinski definition) is 1. The van der Waals surface area contributed by atoms with Crippen LogP contribution in [-0.2, 0) is 6.61 Å². The molecular formula is C15H11ClO2. The van der Waals surface area contributed by atoms with E-state index in [0.29, 0.717) is 10.8 Å². The average Bonchev–Trinajstić information content (AvgIpc) is 2.77. The molecule has 18 heavy (non-hydrogen) atoms. The maximum atomic E-state index is 9.42. The molecule has 3 aromatic rings. The van der Waals surface area contributed by atoms with Gasteiger partial charge in [-0.2, -0.15) is 0 Å². The molecule has 0 saturated heterocycles. The third kappa shape index (κ3) is 1.80. The van der Waals surface area contributed by atoms with E-state index in [1.54, 1.807) is 6.07 Å². The van der Waals surface area contributed by atoms with E-state index in [0.717, 1.165) is 22.1 Å². The lowest BCUT2D eigenvalue weighted by atomic mass is 10.0. The standard InChI is InChI=1S/C15H11ClO2/c16-11-6-7-13-12(8-11)15(14(9-17)18-13)10-4-2-1-3-5-10/h1-8,17H,9H2. The lowest BCUT2D eigenvalue weighted by molar-refractivity contribution is 0.252. The number of furan rings is 1. The normalized spacial score (nSPS) is 11.0. The third-order valence-corrected chi connectivity index (χ3v) is 3.16. The summed E-state index contributed by atoms with van der Waals surface area (Å²) in [7, 11) is 0. The molecule has 90 valence electrons. The van der Waals surface area contributed by atoms with Gasteiger partial charge in [0.2, 0.25) is 0 Å². The van der Waals surface area contributed by atoms with Gasteiger partial charge >= 0.3 is 0 Å². The number of halogens is 1. The largest absolute Gasteiger partial charge is 0.458 e. The highest BCUT2D eigenvalue weighted by Crippen LogP contribution is 2.36. The van der Waals surface area contributed by atoms with Crippen LogP contribution in [0.4, 0.5) is 0 Å². The third-order valence-electron chi connectivity index (χ3n) is 2.93. The van der Waals surface area contributed by atoms with Crippen LogP contribution in [0.1, 0.15) is 5.76 Å². The Labute approximate surface area is 109 Å². The Bertz CT molecular complexity index is 686. The van der Waals surface area contributed by atoms with Crippen molar-refractivity contribution in [3.8, 4) is 11.1 Å². The lowest BCUT2D eigenvalue weighted by Gasteiger charge is -2.01. The van der Waals surface area contributed by atoms with Crippen molar-refractivity contribution in [3.05, 3.63) is 59.3 Å². The van der Waals surface area contributed by atoms with Crippen LogP contribution < -0.4 is 0 Å². The summed E-state index contributed by atoms with van der Waals surface area (Å²) in [4.78, 5) is 0. The van der Waals surface area contributed by atoms with Crippen molar-refractivity contribution in [1.29, 1.82) is 0 Å². The first-order valence-electron chi connectivity index (χ1n) is 5.67. The van der Waals surface area contributed by atoms with Crippen LogP contribution >= 0.6 is 11.6 Å². The first-order chi connectivity index (χ1) is 8.79. The Morgan fingerprint density at radius 2 is 1.83 bits per heavy atom. The Balaban J connectivity index is 2.35. The first-order valence-corrected chi connectivity index (χ1v) is 6.04. The second-order valence-corrected chi connectivity index (χ2v) is 4.50. The Morgan fingerprint density at radius 3 is 2.56 bits per heavy atom. The smallest absolute Gasteiger partial charge is 0.138 e. The number of aliphatic hydroxyl groups excluding tert-OH is 1. The van der Waals surface area contributed by atoms with Crippen molar-refractivity contribution in [2.45, 2.75) is 6.61 Å². The lowest BCUT2D eigenvalue weighted by Crippen LogP contribution is -1.83. The van der Waals surface area contributed by atoms with E-state index in [1.807, 2.05) is 42.5 Å². The van der Waals surface area contributed by atoms with Crippen LogP contribution in [0.15, 0.2) is 52.9 Å². The van der Waals surface area contributed by atoms with Crippen molar-refractivity contribution < 1.29 is 9.52 Å². The maximum absolute atomic E-state index is 9.42. The molecule has 1 N–H and O–H groups in total. The summed E-state index contributed by atoms with van der Waals surface area (Å²) in [5.74, 6) is 0.568. The summed E-state index contributed by atoms with van der Waals surface area (Å²) in [6, 6.07) is 15.3. The van der Waals surface area contributed by atoms with Crippen LogP contribution in [0, 0.1) is 0 Å². The molecule has 1 aromatic heterocycles. The maximum Gasteiger partial charge on any atom is 0.138 e. The monoisotopic (exact) mass is 258 g/mol. The van der Waals surface area contributed by atoms with Crippen LogP contribution in [0.25, 0.3) is 22.1 Å². The predicted octanol–water partition coefficient (Wildman–Crippen LogP) is 4.25. The minimum Gasteiger partial charge on any atom is -0.458 e. The van der Waals surface area contributed by atoms with E-state index >= 15 is 0 Å². The molecule has 1 heterocycles. The first kappa shape index (κ1) is 11.3. The molecule has 0 saturated carbocycles. The number of hydrogen-bond acceptors (Lipinski definition) is 2. The van der Waals surface area contributed by atoms with E-state index < -0.39 is 0 Å². The molecule has 0 radical (unpaired) electrons. The van der Waals surface area contributed by atoms with Gasteiger partial charge in [0.1, 0.15) is 18.0 Å². The van der Waals surface area contributed by atoms with Crippen LogP contribution in [-0.4, -0.2) is 5.11 Å². The molecule has 0 amide bonds. The highest BCUT2D eigenvalue weighted by molar-refractivity contribution is 6.31. The number of rotatable bonds is 2. The van der Waals surface area contributed by atoms with Crippen molar-refractivity contribution in [1.82, 2.24) is 0 Å². The predicted molar refractivity (Wildman–Crippen MR) is 72.6 cm³/mol. The fourth-order valence-corrected chi connectivity index (χ4v) is 2.33. The summed E-state index contributed by atoms with van der Waals surface area (Å²) in [5.41, 5.74) is 2.67. The second-order valence-electron chi connectivity index (χ2n) is 4.06. The minimum absolute atomic E-state index is 0.128. The summed E-state index contributed by atoms with van der Waals surface area (Å²) in [5, 5.41) is 11.0. The minimum atomic E-state index is -0.128. The van der Waals surface area contributed by atoms with Crippen molar-refractivity contribution in [2.24, 2.45) is 0 Å². The molecule has 0 spiro atoms. The molecule has 0 aliphatic carbocycles. The van der Waals surface area contributed by atoms with Gasteiger partial charge in [-0.05, 0) is 23.8 Å². The molecule has 0 aliphatic heterocycles. The van der Waals surface area contributed by atoms with Gasteiger partial charge in [0, 0.05) is 16.0 Å². The molecule has 3 rings (SSSR count). The van der Waals surface area contributed by atoms with Gasteiger partial charge in [-0.3, -0.25) is 0 Å². The topological polar surface area (TPSA) is 33.4 Å². The van der Waals surface area contributed by atoms with E-state index in [9.17, 15) is 5.11 Å². The Morgan fingerprint density at radius 1 is 1.06 bits per heavy atom. The van der Waals surface area contributed by atoms with Gasteiger partial charge in [-0.1, -0.05) is 41.9 Å². The van der Waals surface area contributed by atoms with E-state index in [-0.39, 0.29) is 6.61 Å². The van der Waals surface area contributed by atoms with Gasteiger partial charge in [0.05, 0.1) is 0 Å². The van der Waals surface area contributed by atoms with Crippen molar-refractivity contribution in [3.63, 3.8) is 0 Å². The quantitative estimate of drug-likeness (QED) is 0.746. The molecule has 0 atom stereocenters. The highest BCUT2D eigenvalue weighted by Gasteiger charge is 2.15. The average molecular weight is 259 g/mol. The summed E-state index contributed by atoms with van der Waals surface area (Å²) < 4.78 is 5.65. The summed E-state index contributed by atoms with van der Waals surface area (Å²) in [6.07, 6.45) is 0. The Kier molecular flexibility index (Phi) is 2.82. The number of benzene rings is 2. The van der Waals surface area contributed by atoms with Crippen LogP contribution in [0.5, 0.6) is 0 Å². The zero-order valence-electron chi connectivity index (χ0n) is 9.56. The molecule has 0 fully saturated rings. The second kappa shape index (κ2) is 4.48. The van der Waals surface area contributed by atoms with Crippen LogP contribution in [0.2, 0.25) is 5.02 Å². The molecule has 2 aromatic carbocycles. The van der Waals surface area contributed by atoms with E-state index in [2.05, 4.69) is 0 Å². The molecule has 0 unspecified atom stereocenters. The molecule has 3 heteroatoms. The highest BCUT2D eigenvalue weighted by atomic mass is 35.5. The zero-order chi connectivity index (χ0) is 12.5. The Hall–Kier alpha value is -1.77.